The van der Waals surface area contributed by atoms with Crippen molar-refractivity contribution in [2.75, 3.05) is 29.4 Å². The fraction of sp³-hybridized carbons (Fsp3) is 0.292. The highest BCUT2D eigenvalue weighted by atomic mass is 35.5. The molecule has 36 heavy (non-hydrogen) atoms. The minimum Gasteiger partial charge on any atom is -0.345 e. The lowest BCUT2D eigenvalue weighted by molar-refractivity contribution is 0.497. The van der Waals surface area contributed by atoms with Crippen LogP contribution in [0, 0.1) is 18.6 Å². The summed E-state index contributed by atoms with van der Waals surface area (Å²) < 4.78 is 55.8. The summed E-state index contributed by atoms with van der Waals surface area (Å²) in [5.74, 6) is -0.339. The highest BCUT2D eigenvalue weighted by Gasteiger charge is 2.53. The van der Waals surface area contributed by atoms with E-state index in [2.05, 4.69) is 20.0 Å². The van der Waals surface area contributed by atoms with Gasteiger partial charge in [-0.1, -0.05) is 29.3 Å². The summed E-state index contributed by atoms with van der Waals surface area (Å²) in [6, 6.07) is 8.71. The third kappa shape index (κ3) is 3.68. The van der Waals surface area contributed by atoms with Crippen LogP contribution < -0.4 is 9.80 Å². The summed E-state index contributed by atoms with van der Waals surface area (Å²) >= 11 is 6.49. The predicted octanol–water partition coefficient (Wildman–Crippen LogP) is 4.16. The molecule has 2 fully saturated rings. The largest absolute Gasteiger partial charge is 0.345 e. The Balaban J connectivity index is 1.45. The van der Waals surface area contributed by atoms with Gasteiger partial charge in [-0.3, -0.25) is 0 Å². The van der Waals surface area contributed by atoms with E-state index in [0.29, 0.717) is 36.8 Å². The van der Waals surface area contributed by atoms with Gasteiger partial charge in [-0.2, -0.15) is 12.5 Å². The summed E-state index contributed by atoms with van der Waals surface area (Å²) in [7, 11) is -4.12. The Morgan fingerprint density at radius 1 is 1.00 bits per heavy atom. The van der Waals surface area contributed by atoms with Crippen LogP contribution >= 0.6 is 11.6 Å². The lowest BCUT2D eigenvalue weighted by Gasteiger charge is -2.42. The van der Waals surface area contributed by atoms with Gasteiger partial charge in [-0.15, -0.1) is 5.10 Å². The molecular weight excluding hydrogens is 510 g/mol. The Hall–Kier alpha value is -3.31. The topological polar surface area (TPSA) is 84.2 Å². The molecule has 0 atom stereocenters. The third-order valence-corrected chi connectivity index (χ3v) is 8.72. The van der Waals surface area contributed by atoms with Crippen LogP contribution in [0.25, 0.3) is 10.9 Å². The molecule has 3 heterocycles. The maximum absolute atomic E-state index is 14.4. The second-order valence-electron chi connectivity index (χ2n) is 9.27. The standard InChI is InChI=1S/C24H21ClF2N6O2S/c1-15-2-4-18(5-3-15)36(34,35)33-20-11-16(26)10-19(25)21(20)22(30-33)32-9-8-31(14-24(32)6-7-24)23-28-12-17(27)13-29-23/h2-5,10-13H,6-9,14H2,1H3. The van der Waals surface area contributed by atoms with Gasteiger partial charge < -0.3 is 9.80 Å². The summed E-state index contributed by atoms with van der Waals surface area (Å²) in [6.07, 6.45) is 3.94. The van der Waals surface area contributed by atoms with Crippen LogP contribution in [0.2, 0.25) is 5.02 Å². The average Bonchev–Trinajstić information content (AvgIpc) is 3.48. The summed E-state index contributed by atoms with van der Waals surface area (Å²) in [4.78, 5) is 12.3. The molecule has 6 rings (SSSR count). The minimum atomic E-state index is -4.12. The molecule has 0 radical (unpaired) electrons. The highest BCUT2D eigenvalue weighted by molar-refractivity contribution is 7.90. The SMILES string of the molecule is Cc1ccc(S(=O)(=O)n2nc(N3CCN(c4ncc(F)cn4)CC34CC4)c3c(Cl)cc(F)cc32)cc1. The van der Waals surface area contributed by atoms with Crippen molar-refractivity contribution in [3.63, 3.8) is 0 Å². The van der Waals surface area contributed by atoms with E-state index < -0.39 is 21.7 Å². The Morgan fingerprint density at radius 3 is 2.36 bits per heavy atom. The van der Waals surface area contributed by atoms with Crippen LogP contribution in [-0.2, 0) is 10.0 Å². The summed E-state index contributed by atoms with van der Waals surface area (Å²) in [5.41, 5.74) is 0.649. The highest BCUT2D eigenvalue weighted by Crippen LogP contribution is 2.49. The zero-order chi connectivity index (χ0) is 25.2. The Morgan fingerprint density at radius 2 is 1.69 bits per heavy atom. The van der Waals surface area contributed by atoms with Gasteiger partial charge in [0.25, 0.3) is 10.0 Å². The van der Waals surface area contributed by atoms with Crippen molar-refractivity contribution in [1.82, 2.24) is 19.2 Å². The third-order valence-electron chi connectivity index (χ3n) is 6.82. The molecule has 186 valence electrons. The molecule has 8 nitrogen and oxygen atoms in total. The normalized spacial score (nSPS) is 17.2. The lowest BCUT2D eigenvalue weighted by atomic mass is 10.1. The molecule has 0 amide bonds. The summed E-state index contributed by atoms with van der Waals surface area (Å²) in [5, 5.41) is 5.00. The van der Waals surface area contributed by atoms with Crippen LogP contribution in [-0.4, -0.2) is 52.7 Å². The number of aryl methyl sites for hydroxylation is 1. The lowest BCUT2D eigenvalue weighted by Crippen LogP contribution is -2.56. The number of anilines is 2. The second-order valence-corrected chi connectivity index (χ2v) is 11.4. The number of fused-ring (bicyclic) bond motifs is 1. The first-order valence-corrected chi connectivity index (χ1v) is 13.2. The molecule has 4 aromatic rings. The number of halogens is 3. The molecular formula is C24H21ClF2N6O2S. The van der Waals surface area contributed by atoms with E-state index in [1.807, 2.05) is 11.8 Å². The van der Waals surface area contributed by atoms with Gasteiger partial charge in [0, 0.05) is 25.7 Å². The number of piperazine rings is 1. The smallest absolute Gasteiger partial charge is 0.283 e. The fourth-order valence-electron chi connectivity index (χ4n) is 4.82. The van der Waals surface area contributed by atoms with Gasteiger partial charge in [0.05, 0.1) is 38.8 Å². The first-order chi connectivity index (χ1) is 17.2. The zero-order valence-electron chi connectivity index (χ0n) is 19.2. The van der Waals surface area contributed by atoms with Crippen LogP contribution in [0.1, 0.15) is 18.4 Å². The number of aromatic nitrogens is 4. The number of rotatable bonds is 4. The van der Waals surface area contributed by atoms with E-state index in [9.17, 15) is 17.2 Å². The van der Waals surface area contributed by atoms with E-state index in [-0.39, 0.29) is 21.0 Å². The van der Waals surface area contributed by atoms with Crippen molar-refractivity contribution < 1.29 is 17.2 Å². The van der Waals surface area contributed by atoms with E-state index in [1.54, 1.807) is 12.1 Å². The van der Waals surface area contributed by atoms with Gasteiger partial charge in [-0.25, -0.2) is 18.7 Å². The number of nitrogens with zero attached hydrogens (tertiary/aromatic N) is 6. The maximum Gasteiger partial charge on any atom is 0.283 e. The fourth-order valence-corrected chi connectivity index (χ4v) is 6.38. The van der Waals surface area contributed by atoms with Crippen molar-refractivity contribution in [1.29, 1.82) is 0 Å². The molecule has 1 aliphatic carbocycles. The van der Waals surface area contributed by atoms with E-state index in [0.717, 1.165) is 41.0 Å². The Bertz CT molecular complexity index is 1590. The number of hydrogen-bond donors (Lipinski definition) is 0. The Labute approximate surface area is 211 Å². The van der Waals surface area contributed by atoms with Crippen molar-refractivity contribution in [3.8, 4) is 0 Å². The monoisotopic (exact) mass is 530 g/mol. The Kier molecular flexibility index (Phi) is 5.20. The molecule has 1 spiro atoms. The number of hydrogen-bond acceptors (Lipinski definition) is 7. The predicted molar refractivity (Wildman–Crippen MR) is 132 cm³/mol. The summed E-state index contributed by atoms with van der Waals surface area (Å²) in [6.45, 7) is 3.39. The van der Waals surface area contributed by atoms with Gasteiger partial charge in [0.15, 0.2) is 11.6 Å². The van der Waals surface area contributed by atoms with Gasteiger partial charge in [0.1, 0.15) is 5.82 Å². The van der Waals surface area contributed by atoms with Crippen LogP contribution in [0.5, 0.6) is 0 Å². The van der Waals surface area contributed by atoms with Crippen molar-refractivity contribution >= 4 is 44.3 Å². The molecule has 2 aromatic heterocycles. The molecule has 2 aliphatic rings. The molecule has 1 saturated heterocycles. The van der Waals surface area contributed by atoms with Gasteiger partial charge in [0.2, 0.25) is 5.95 Å². The number of benzene rings is 2. The first-order valence-electron chi connectivity index (χ1n) is 11.4. The quantitative estimate of drug-likeness (QED) is 0.391. The van der Waals surface area contributed by atoms with Crippen LogP contribution in [0.3, 0.4) is 0 Å². The molecule has 2 aromatic carbocycles. The molecule has 0 bridgehead atoms. The second kappa shape index (κ2) is 8.10. The van der Waals surface area contributed by atoms with Gasteiger partial charge >= 0.3 is 0 Å². The van der Waals surface area contributed by atoms with E-state index >= 15 is 0 Å². The van der Waals surface area contributed by atoms with Gasteiger partial charge in [-0.05, 0) is 38.0 Å². The van der Waals surface area contributed by atoms with Crippen molar-refractivity contribution in [2.24, 2.45) is 0 Å². The van der Waals surface area contributed by atoms with E-state index in [1.165, 1.54) is 18.2 Å². The van der Waals surface area contributed by atoms with E-state index in [4.69, 9.17) is 11.6 Å². The molecule has 1 aliphatic heterocycles. The maximum atomic E-state index is 14.4. The average molecular weight is 531 g/mol. The van der Waals surface area contributed by atoms with Crippen LogP contribution in [0.15, 0.2) is 53.7 Å². The molecule has 0 unspecified atom stereocenters. The molecule has 1 saturated carbocycles. The van der Waals surface area contributed by atoms with Crippen molar-refractivity contribution in [2.45, 2.75) is 30.2 Å². The first kappa shape index (κ1) is 23.1. The van der Waals surface area contributed by atoms with Crippen molar-refractivity contribution in [3.05, 3.63) is 71.0 Å². The molecule has 0 N–H and O–H groups in total. The zero-order valence-corrected chi connectivity index (χ0v) is 20.8. The van der Waals surface area contributed by atoms with Crippen LogP contribution in [0.4, 0.5) is 20.5 Å². The molecule has 12 heteroatoms. The minimum absolute atomic E-state index is 0.0452.